The molecule has 1 rings (SSSR count). The first-order chi connectivity index (χ1) is 10.0. The Morgan fingerprint density at radius 1 is 1.27 bits per heavy atom. The molecule has 0 aliphatic carbocycles. The summed E-state index contributed by atoms with van der Waals surface area (Å²) in [5.41, 5.74) is -2.36. The van der Waals surface area contributed by atoms with Gasteiger partial charge < -0.3 is 10.1 Å². The topological polar surface area (TPSA) is 98.5 Å². The number of rotatable bonds is 4. The van der Waals surface area contributed by atoms with Gasteiger partial charge in [-0.15, -0.1) is 0 Å². The van der Waals surface area contributed by atoms with Crippen molar-refractivity contribution in [1.29, 1.82) is 0 Å². The van der Waals surface area contributed by atoms with Gasteiger partial charge in [0.05, 0.1) is 11.0 Å². The normalized spacial score (nSPS) is 11.0. The Kier molecular flexibility index (Phi) is 5.13. The van der Waals surface area contributed by atoms with Crippen molar-refractivity contribution < 1.29 is 28.0 Å². The molecule has 0 heterocycles. The Hall–Kier alpha value is -2.58. The molecule has 0 spiro atoms. The number of nitro groups is 1. The Balaban J connectivity index is 2.88. The first kappa shape index (κ1) is 17.5. The van der Waals surface area contributed by atoms with Crippen LogP contribution in [0.15, 0.2) is 12.1 Å². The van der Waals surface area contributed by atoms with Gasteiger partial charge in [0.2, 0.25) is 0 Å². The van der Waals surface area contributed by atoms with Crippen molar-refractivity contribution in [2.24, 2.45) is 0 Å². The average molecular weight is 316 g/mol. The zero-order chi connectivity index (χ0) is 17.1. The summed E-state index contributed by atoms with van der Waals surface area (Å²) < 4.78 is 31.1. The zero-order valence-electron chi connectivity index (χ0n) is 12.1. The predicted octanol–water partition coefficient (Wildman–Crippen LogP) is 1.94. The summed E-state index contributed by atoms with van der Waals surface area (Å²) in [6, 6.07) is 0.704. The van der Waals surface area contributed by atoms with Crippen molar-refractivity contribution in [3.05, 3.63) is 39.4 Å². The van der Waals surface area contributed by atoms with Crippen LogP contribution in [0, 0.1) is 21.7 Å². The van der Waals surface area contributed by atoms with Gasteiger partial charge in [-0.25, -0.2) is 8.78 Å². The lowest BCUT2D eigenvalue weighted by molar-refractivity contribution is -0.385. The van der Waals surface area contributed by atoms with E-state index in [-0.39, 0.29) is 0 Å². The molecule has 0 fully saturated rings. The fourth-order valence-electron chi connectivity index (χ4n) is 1.49. The van der Waals surface area contributed by atoms with Gasteiger partial charge in [0.1, 0.15) is 17.7 Å². The lowest BCUT2D eigenvalue weighted by Crippen LogP contribution is -2.34. The highest BCUT2D eigenvalue weighted by Gasteiger charge is 2.25. The van der Waals surface area contributed by atoms with Crippen LogP contribution >= 0.6 is 0 Å². The second-order valence-corrected chi connectivity index (χ2v) is 5.31. The standard InChI is InChI=1S/C13H14F2N2O5/c1-13(2,3)22-11(18)6-16-12(19)7-4-8(14)9(15)5-10(7)17(20)21/h4-5H,6H2,1-3H3,(H,16,19). The highest BCUT2D eigenvalue weighted by Crippen LogP contribution is 2.22. The molecular weight excluding hydrogens is 302 g/mol. The van der Waals surface area contributed by atoms with Crippen molar-refractivity contribution >= 4 is 17.6 Å². The number of ether oxygens (including phenoxy) is 1. The van der Waals surface area contributed by atoms with Crippen LogP contribution in [0.3, 0.4) is 0 Å². The van der Waals surface area contributed by atoms with Gasteiger partial charge in [0.25, 0.3) is 11.6 Å². The van der Waals surface area contributed by atoms with Crippen LogP contribution in [0.25, 0.3) is 0 Å². The van der Waals surface area contributed by atoms with Crippen molar-refractivity contribution in [3.63, 3.8) is 0 Å². The second kappa shape index (κ2) is 6.46. The number of carbonyl (C=O) groups excluding carboxylic acids is 2. The maximum absolute atomic E-state index is 13.1. The van der Waals surface area contributed by atoms with Crippen LogP contribution in [0.4, 0.5) is 14.5 Å². The van der Waals surface area contributed by atoms with E-state index >= 15 is 0 Å². The zero-order valence-corrected chi connectivity index (χ0v) is 12.1. The number of carbonyl (C=O) groups is 2. The molecule has 0 unspecified atom stereocenters. The molecule has 7 nitrogen and oxygen atoms in total. The van der Waals surface area contributed by atoms with Gasteiger partial charge in [-0.3, -0.25) is 19.7 Å². The molecule has 1 amide bonds. The molecule has 1 aromatic carbocycles. The van der Waals surface area contributed by atoms with Crippen LogP contribution in [-0.4, -0.2) is 28.9 Å². The SMILES string of the molecule is CC(C)(C)OC(=O)CNC(=O)c1cc(F)c(F)cc1[N+](=O)[O-]. The van der Waals surface area contributed by atoms with Gasteiger partial charge in [-0.1, -0.05) is 0 Å². The van der Waals surface area contributed by atoms with E-state index in [1.165, 1.54) is 0 Å². The van der Waals surface area contributed by atoms with Gasteiger partial charge in [0.15, 0.2) is 11.6 Å². The Morgan fingerprint density at radius 2 is 1.82 bits per heavy atom. The van der Waals surface area contributed by atoms with E-state index in [2.05, 4.69) is 5.32 Å². The third kappa shape index (κ3) is 4.76. The maximum Gasteiger partial charge on any atom is 0.325 e. The molecule has 0 saturated heterocycles. The Bertz CT molecular complexity index is 626. The van der Waals surface area contributed by atoms with E-state index < -0.39 is 51.8 Å². The third-order valence-electron chi connectivity index (χ3n) is 2.29. The van der Waals surface area contributed by atoms with E-state index in [0.717, 1.165) is 0 Å². The molecule has 1 N–H and O–H groups in total. The number of nitrogens with zero attached hydrogens (tertiary/aromatic N) is 1. The summed E-state index contributed by atoms with van der Waals surface area (Å²) in [5.74, 6) is -4.72. The molecule has 9 heteroatoms. The minimum atomic E-state index is -1.45. The summed E-state index contributed by atoms with van der Waals surface area (Å²) in [7, 11) is 0. The van der Waals surface area contributed by atoms with E-state index in [1.54, 1.807) is 20.8 Å². The number of amides is 1. The highest BCUT2D eigenvalue weighted by atomic mass is 19.2. The highest BCUT2D eigenvalue weighted by molar-refractivity contribution is 5.99. The second-order valence-electron chi connectivity index (χ2n) is 5.31. The van der Waals surface area contributed by atoms with Crippen molar-refractivity contribution in [3.8, 4) is 0 Å². The lowest BCUT2D eigenvalue weighted by atomic mass is 10.1. The van der Waals surface area contributed by atoms with Crippen LogP contribution < -0.4 is 5.32 Å². The fourth-order valence-corrected chi connectivity index (χ4v) is 1.49. The number of hydrogen-bond acceptors (Lipinski definition) is 5. The van der Waals surface area contributed by atoms with Crippen LogP contribution in [0.1, 0.15) is 31.1 Å². The Labute approximate surface area is 124 Å². The molecule has 1 aromatic rings. The molecule has 120 valence electrons. The molecule has 0 aromatic heterocycles. The summed E-state index contributed by atoms with van der Waals surface area (Å²) >= 11 is 0. The van der Waals surface area contributed by atoms with Crippen molar-refractivity contribution in [2.45, 2.75) is 26.4 Å². The largest absolute Gasteiger partial charge is 0.459 e. The molecule has 0 radical (unpaired) electrons. The van der Waals surface area contributed by atoms with E-state index in [4.69, 9.17) is 4.74 Å². The molecular formula is C13H14F2N2O5. The number of nitrogens with one attached hydrogen (secondary N) is 1. The number of esters is 1. The summed E-state index contributed by atoms with van der Waals surface area (Å²) in [4.78, 5) is 33.0. The molecule has 0 saturated carbocycles. The number of benzene rings is 1. The van der Waals surface area contributed by atoms with Gasteiger partial charge in [-0.2, -0.15) is 0 Å². The lowest BCUT2D eigenvalue weighted by Gasteiger charge is -2.19. The monoisotopic (exact) mass is 316 g/mol. The van der Waals surface area contributed by atoms with Crippen LogP contribution in [-0.2, 0) is 9.53 Å². The summed E-state index contributed by atoms with van der Waals surface area (Å²) in [6.45, 7) is 4.29. The third-order valence-corrected chi connectivity index (χ3v) is 2.29. The molecule has 22 heavy (non-hydrogen) atoms. The smallest absolute Gasteiger partial charge is 0.325 e. The molecule has 0 atom stereocenters. The quantitative estimate of drug-likeness (QED) is 0.520. The Morgan fingerprint density at radius 3 is 2.32 bits per heavy atom. The van der Waals surface area contributed by atoms with Gasteiger partial charge >= 0.3 is 5.97 Å². The van der Waals surface area contributed by atoms with E-state index in [9.17, 15) is 28.5 Å². The summed E-state index contributed by atoms with van der Waals surface area (Å²) in [5, 5.41) is 12.8. The number of hydrogen-bond donors (Lipinski definition) is 1. The number of nitro benzene ring substituents is 1. The summed E-state index contributed by atoms with van der Waals surface area (Å²) in [6.07, 6.45) is 0. The predicted molar refractivity (Wildman–Crippen MR) is 71.2 cm³/mol. The molecule has 0 aliphatic rings. The average Bonchev–Trinajstić information content (AvgIpc) is 2.36. The van der Waals surface area contributed by atoms with Crippen LogP contribution in [0.5, 0.6) is 0 Å². The first-order valence-electron chi connectivity index (χ1n) is 6.15. The van der Waals surface area contributed by atoms with Gasteiger partial charge in [0, 0.05) is 0 Å². The minimum Gasteiger partial charge on any atom is -0.459 e. The van der Waals surface area contributed by atoms with Crippen molar-refractivity contribution in [1.82, 2.24) is 5.32 Å². The first-order valence-corrected chi connectivity index (χ1v) is 6.15. The fraction of sp³-hybridized carbons (Fsp3) is 0.385. The van der Waals surface area contributed by atoms with Gasteiger partial charge in [-0.05, 0) is 26.8 Å². The number of halogens is 2. The molecule has 0 bridgehead atoms. The van der Waals surface area contributed by atoms with Crippen molar-refractivity contribution in [2.75, 3.05) is 6.54 Å². The van der Waals surface area contributed by atoms with Crippen LogP contribution in [0.2, 0.25) is 0 Å². The minimum absolute atomic E-state index is 0.303. The van der Waals surface area contributed by atoms with E-state index in [1.807, 2.05) is 0 Å². The maximum atomic E-state index is 13.1. The van der Waals surface area contributed by atoms with E-state index in [0.29, 0.717) is 12.1 Å². The molecule has 0 aliphatic heterocycles.